The van der Waals surface area contributed by atoms with Gasteiger partial charge in [0.25, 0.3) is 0 Å². The third-order valence-electron chi connectivity index (χ3n) is 2.86. The molecule has 5 heteroatoms. The van der Waals surface area contributed by atoms with Crippen LogP contribution >= 0.6 is 15.9 Å². The molecule has 0 aliphatic rings. The van der Waals surface area contributed by atoms with Crippen molar-refractivity contribution in [3.05, 3.63) is 52.5 Å². The van der Waals surface area contributed by atoms with E-state index in [-0.39, 0.29) is 6.04 Å². The standard InChI is InChI=1S/C14H17BrN4/c1-2-4-19-14(10-6-11(15)8-18-7-10)12-9-17-5-3-13(12)16/h3,5-9,14,19H,2,4H2,1H3,(H2,16,17). The Morgan fingerprint density at radius 1 is 1.32 bits per heavy atom. The molecule has 2 aromatic heterocycles. The van der Waals surface area contributed by atoms with E-state index in [1.54, 1.807) is 12.4 Å². The van der Waals surface area contributed by atoms with E-state index in [9.17, 15) is 0 Å². The van der Waals surface area contributed by atoms with Crippen molar-refractivity contribution in [2.45, 2.75) is 19.4 Å². The van der Waals surface area contributed by atoms with Gasteiger partial charge in [-0.05, 0) is 46.6 Å². The number of anilines is 1. The van der Waals surface area contributed by atoms with Crippen molar-refractivity contribution in [1.82, 2.24) is 15.3 Å². The molecule has 0 radical (unpaired) electrons. The molecule has 0 aromatic carbocycles. The summed E-state index contributed by atoms with van der Waals surface area (Å²) < 4.78 is 0.954. The largest absolute Gasteiger partial charge is 0.398 e. The van der Waals surface area contributed by atoms with Crippen LogP contribution in [0.15, 0.2) is 41.4 Å². The highest BCUT2D eigenvalue weighted by atomic mass is 79.9. The summed E-state index contributed by atoms with van der Waals surface area (Å²) in [5.74, 6) is 0. The summed E-state index contributed by atoms with van der Waals surface area (Å²) in [6, 6.07) is 3.88. The quantitative estimate of drug-likeness (QED) is 0.889. The monoisotopic (exact) mass is 320 g/mol. The van der Waals surface area contributed by atoms with Crippen LogP contribution in [0.3, 0.4) is 0 Å². The Morgan fingerprint density at radius 3 is 2.84 bits per heavy atom. The molecule has 19 heavy (non-hydrogen) atoms. The van der Waals surface area contributed by atoms with Gasteiger partial charge in [0.15, 0.2) is 0 Å². The van der Waals surface area contributed by atoms with Gasteiger partial charge in [0.2, 0.25) is 0 Å². The number of hydrogen-bond donors (Lipinski definition) is 2. The fourth-order valence-corrected chi connectivity index (χ4v) is 2.32. The third-order valence-corrected chi connectivity index (χ3v) is 3.29. The lowest BCUT2D eigenvalue weighted by Crippen LogP contribution is -2.24. The highest BCUT2D eigenvalue weighted by Gasteiger charge is 2.16. The molecule has 0 aliphatic heterocycles. The molecule has 2 rings (SSSR count). The van der Waals surface area contributed by atoms with Gasteiger partial charge in [-0.2, -0.15) is 0 Å². The van der Waals surface area contributed by atoms with E-state index in [1.165, 1.54) is 0 Å². The fraction of sp³-hybridized carbons (Fsp3) is 0.286. The van der Waals surface area contributed by atoms with Crippen molar-refractivity contribution in [2.75, 3.05) is 12.3 Å². The number of hydrogen-bond acceptors (Lipinski definition) is 4. The average molecular weight is 321 g/mol. The molecule has 0 saturated heterocycles. The molecule has 0 spiro atoms. The van der Waals surface area contributed by atoms with Crippen molar-refractivity contribution >= 4 is 21.6 Å². The van der Waals surface area contributed by atoms with Crippen molar-refractivity contribution in [1.29, 1.82) is 0 Å². The van der Waals surface area contributed by atoms with Gasteiger partial charge >= 0.3 is 0 Å². The number of nitrogens with one attached hydrogen (secondary N) is 1. The number of rotatable bonds is 5. The minimum atomic E-state index is 0.0126. The molecule has 0 fully saturated rings. The third kappa shape index (κ3) is 3.52. The topological polar surface area (TPSA) is 63.8 Å². The van der Waals surface area contributed by atoms with Crippen molar-refractivity contribution in [3.63, 3.8) is 0 Å². The zero-order chi connectivity index (χ0) is 13.7. The molecule has 4 nitrogen and oxygen atoms in total. The van der Waals surface area contributed by atoms with E-state index in [0.717, 1.165) is 34.3 Å². The number of nitrogen functional groups attached to an aromatic ring is 1. The van der Waals surface area contributed by atoms with Crippen LogP contribution in [0.5, 0.6) is 0 Å². The zero-order valence-electron chi connectivity index (χ0n) is 10.8. The first kappa shape index (κ1) is 14.0. The Hall–Kier alpha value is -1.46. The molecular formula is C14H17BrN4. The maximum atomic E-state index is 6.06. The van der Waals surface area contributed by atoms with Gasteiger partial charge in [-0.15, -0.1) is 0 Å². The molecule has 2 aromatic rings. The van der Waals surface area contributed by atoms with Gasteiger partial charge in [0.1, 0.15) is 0 Å². The van der Waals surface area contributed by atoms with Crippen LogP contribution in [0.2, 0.25) is 0 Å². The summed E-state index contributed by atoms with van der Waals surface area (Å²) in [6.07, 6.45) is 8.19. The summed E-state index contributed by atoms with van der Waals surface area (Å²) >= 11 is 3.45. The van der Waals surface area contributed by atoms with Crippen LogP contribution in [-0.2, 0) is 0 Å². The van der Waals surface area contributed by atoms with Gasteiger partial charge in [-0.25, -0.2) is 0 Å². The second-order valence-corrected chi connectivity index (χ2v) is 5.24. The first-order valence-electron chi connectivity index (χ1n) is 6.25. The summed E-state index contributed by atoms with van der Waals surface area (Å²) in [7, 11) is 0. The molecule has 0 aliphatic carbocycles. The predicted octanol–water partition coefficient (Wildman–Crippen LogP) is 2.91. The lowest BCUT2D eigenvalue weighted by Gasteiger charge is -2.20. The van der Waals surface area contributed by atoms with E-state index in [0.29, 0.717) is 0 Å². The number of nitrogens with zero attached hydrogens (tertiary/aromatic N) is 2. The Labute approximate surface area is 121 Å². The first-order chi connectivity index (χ1) is 9.22. The lowest BCUT2D eigenvalue weighted by atomic mass is 10.0. The van der Waals surface area contributed by atoms with E-state index < -0.39 is 0 Å². The molecule has 1 unspecified atom stereocenters. The number of halogens is 1. The molecule has 0 amide bonds. The van der Waals surface area contributed by atoms with E-state index in [2.05, 4.69) is 38.1 Å². The molecule has 100 valence electrons. The summed E-state index contributed by atoms with van der Waals surface area (Å²) in [5.41, 5.74) is 8.85. The maximum absolute atomic E-state index is 6.06. The number of pyridine rings is 2. The Bertz CT molecular complexity index is 544. The molecule has 0 bridgehead atoms. The van der Waals surface area contributed by atoms with Crippen LogP contribution in [0.25, 0.3) is 0 Å². The number of aromatic nitrogens is 2. The SMILES string of the molecule is CCCNC(c1cncc(Br)c1)c1cnccc1N. The fourth-order valence-electron chi connectivity index (χ4n) is 1.94. The van der Waals surface area contributed by atoms with Gasteiger partial charge in [0, 0.05) is 40.5 Å². The first-order valence-corrected chi connectivity index (χ1v) is 7.05. The summed E-state index contributed by atoms with van der Waals surface area (Å²) in [4.78, 5) is 8.39. The van der Waals surface area contributed by atoms with Gasteiger partial charge in [-0.1, -0.05) is 6.92 Å². The van der Waals surface area contributed by atoms with Crippen LogP contribution in [0.4, 0.5) is 5.69 Å². The molecular weight excluding hydrogens is 304 g/mol. The van der Waals surface area contributed by atoms with Crippen LogP contribution in [0, 0.1) is 0 Å². The highest BCUT2D eigenvalue weighted by Crippen LogP contribution is 2.27. The number of nitrogens with two attached hydrogens (primary N) is 1. The minimum absolute atomic E-state index is 0.0126. The van der Waals surface area contributed by atoms with E-state index in [4.69, 9.17) is 5.73 Å². The predicted molar refractivity (Wildman–Crippen MR) is 80.7 cm³/mol. The molecule has 0 saturated carbocycles. The average Bonchev–Trinajstić information content (AvgIpc) is 2.41. The van der Waals surface area contributed by atoms with E-state index in [1.807, 2.05) is 24.5 Å². The minimum Gasteiger partial charge on any atom is -0.398 e. The summed E-state index contributed by atoms with van der Waals surface area (Å²) in [5, 5.41) is 3.49. The maximum Gasteiger partial charge on any atom is 0.0628 e. The van der Waals surface area contributed by atoms with Crippen LogP contribution in [-0.4, -0.2) is 16.5 Å². The summed E-state index contributed by atoms with van der Waals surface area (Å²) in [6.45, 7) is 3.04. The lowest BCUT2D eigenvalue weighted by molar-refractivity contribution is 0.596. The van der Waals surface area contributed by atoms with E-state index >= 15 is 0 Å². The second-order valence-electron chi connectivity index (χ2n) is 4.33. The highest BCUT2D eigenvalue weighted by molar-refractivity contribution is 9.10. The normalized spacial score (nSPS) is 12.3. The van der Waals surface area contributed by atoms with Crippen LogP contribution < -0.4 is 11.1 Å². The Kier molecular flexibility index (Phi) is 4.87. The van der Waals surface area contributed by atoms with Gasteiger partial charge in [0.05, 0.1) is 6.04 Å². The molecule has 1 atom stereocenters. The Morgan fingerprint density at radius 2 is 2.16 bits per heavy atom. The molecule has 3 N–H and O–H groups in total. The van der Waals surface area contributed by atoms with Crippen molar-refractivity contribution in [2.24, 2.45) is 0 Å². The van der Waals surface area contributed by atoms with Gasteiger partial charge in [-0.3, -0.25) is 9.97 Å². The zero-order valence-corrected chi connectivity index (χ0v) is 12.4. The smallest absolute Gasteiger partial charge is 0.0628 e. The van der Waals surface area contributed by atoms with Crippen molar-refractivity contribution < 1.29 is 0 Å². The molecule has 2 heterocycles. The van der Waals surface area contributed by atoms with Crippen molar-refractivity contribution in [3.8, 4) is 0 Å². The second kappa shape index (κ2) is 6.63. The van der Waals surface area contributed by atoms with Crippen LogP contribution in [0.1, 0.15) is 30.5 Å². The van der Waals surface area contributed by atoms with Gasteiger partial charge < -0.3 is 11.1 Å². The Balaban J connectivity index is 2.38.